The number of carbonyl (C=O) groups is 1. The highest BCUT2D eigenvalue weighted by Crippen LogP contribution is 2.34. The van der Waals surface area contributed by atoms with Crippen LogP contribution >= 0.6 is 11.6 Å². The van der Waals surface area contributed by atoms with Crippen molar-refractivity contribution in [3.05, 3.63) is 99.1 Å². The van der Waals surface area contributed by atoms with Crippen molar-refractivity contribution in [1.82, 2.24) is 5.32 Å². The van der Waals surface area contributed by atoms with Crippen LogP contribution in [0.3, 0.4) is 0 Å². The average Bonchev–Trinajstić information content (AvgIpc) is 2.82. The molecule has 8 nitrogen and oxygen atoms in total. The predicted octanol–water partition coefficient (Wildman–Crippen LogP) is 5.34. The number of nitro benzene ring substituents is 1. The summed E-state index contributed by atoms with van der Waals surface area (Å²) >= 11 is 5.77. The summed E-state index contributed by atoms with van der Waals surface area (Å²) in [5.74, 6) is -0.809. The maximum atomic E-state index is 13.5. The number of hydrogen-bond donors (Lipinski definition) is 1. The summed E-state index contributed by atoms with van der Waals surface area (Å²) in [5.41, 5.74) is -1.60. The van der Waals surface area contributed by atoms with E-state index in [0.717, 1.165) is 30.3 Å². The SMILES string of the molecule is C[C@@H](NC(=O)CN(c1cccc(C(F)(F)F)c1)S(=O)(=O)c1ccc(Cl)c([N+](=O)[O-])c1)c1ccccc1. The third-order valence-electron chi connectivity index (χ3n) is 5.13. The van der Waals surface area contributed by atoms with E-state index in [2.05, 4.69) is 5.32 Å². The van der Waals surface area contributed by atoms with Gasteiger partial charge in [0.25, 0.3) is 15.7 Å². The molecular formula is C23H19ClF3N3O5S. The fraction of sp³-hybridized carbons (Fsp3) is 0.174. The topological polar surface area (TPSA) is 110 Å². The van der Waals surface area contributed by atoms with Crippen LogP contribution < -0.4 is 9.62 Å². The van der Waals surface area contributed by atoms with Crippen molar-refractivity contribution >= 4 is 38.9 Å². The zero-order valence-corrected chi connectivity index (χ0v) is 20.1. The first-order valence-electron chi connectivity index (χ1n) is 10.3. The van der Waals surface area contributed by atoms with Crippen molar-refractivity contribution in [3.8, 4) is 0 Å². The van der Waals surface area contributed by atoms with Gasteiger partial charge in [-0.15, -0.1) is 0 Å². The minimum atomic E-state index is -4.78. The zero-order valence-electron chi connectivity index (χ0n) is 18.6. The molecule has 3 aromatic carbocycles. The van der Waals surface area contributed by atoms with Crippen molar-refractivity contribution in [3.63, 3.8) is 0 Å². The Morgan fingerprint density at radius 1 is 1.08 bits per heavy atom. The van der Waals surface area contributed by atoms with Gasteiger partial charge in [0.15, 0.2) is 0 Å². The zero-order chi connectivity index (χ0) is 26.7. The maximum Gasteiger partial charge on any atom is 0.416 e. The van der Waals surface area contributed by atoms with Gasteiger partial charge in [0.05, 0.1) is 27.1 Å². The number of anilines is 1. The number of amides is 1. The number of carbonyl (C=O) groups excluding carboxylic acids is 1. The molecule has 3 aromatic rings. The normalized spacial score (nSPS) is 12.6. The molecule has 0 spiro atoms. The van der Waals surface area contributed by atoms with Gasteiger partial charge in [0, 0.05) is 6.07 Å². The number of hydrogen-bond acceptors (Lipinski definition) is 5. The Balaban J connectivity index is 2.04. The number of alkyl halides is 3. The maximum absolute atomic E-state index is 13.5. The Morgan fingerprint density at radius 3 is 2.36 bits per heavy atom. The summed E-state index contributed by atoms with van der Waals surface area (Å²) in [6, 6.07) is 14.2. The molecule has 0 saturated heterocycles. The van der Waals surface area contributed by atoms with Crippen LogP contribution in [0, 0.1) is 10.1 Å². The first kappa shape index (κ1) is 27.0. The van der Waals surface area contributed by atoms with E-state index < -0.39 is 61.5 Å². The highest BCUT2D eigenvalue weighted by Gasteiger charge is 2.34. The fourth-order valence-corrected chi connectivity index (χ4v) is 4.94. The van der Waals surface area contributed by atoms with Crippen LogP contribution in [-0.4, -0.2) is 25.8 Å². The lowest BCUT2D eigenvalue weighted by atomic mass is 10.1. The van der Waals surface area contributed by atoms with E-state index in [0.29, 0.717) is 22.0 Å². The van der Waals surface area contributed by atoms with Crippen LogP contribution in [0.5, 0.6) is 0 Å². The largest absolute Gasteiger partial charge is 0.416 e. The second-order valence-electron chi connectivity index (χ2n) is 7.63. The van der Waals surface area contributed by atoms with Gasteiger partial charge in [0.1, 0.15) is 11.6 Å². The van der Waals surface area contributed by atoms with Crippen molar-refractivity contribution in [2.45, 2.75) is 24.0 Å². The molecule has 0 unspecified atom stereocenters. The van der Waals surface area contributed by atoms with Crippen LogP contribution in [-0.2, 0) is 21.0 Å². The summed E-state index contributed by atoms with van der Waals surface area (Å²) < 4.78 is 67.4. The number of nitrogens with zero attached hydrogens (tertiary/aromatic N) is 2. The van der Waals surface area contributed by atoms with Crippen molar-refractivity contribution in [2.75, 3.05) is 10.8 Å². The van der Waals surface area contributed by atoms with E-state index in [1.807, 2.05) is 0 Å². The molecule has 0 radical (unpaired) electrons. The molecule has 1 atom stereocenters. The van der Waals surface area contributed by atoms with Crippen molar-refractivity contribution in [2.24, 2.45) is 0 Å². The van der Waals surface area contributed by atoms with Gasteiger partial charge in [-0.25, -0.2) is 8.42 Å². The first-order valence-corrected chi connectivity index (χ1v) is 12.1. The number of benzene rings is 3. The van der Waals surface area contributed by atoms with Crippen LogP contribution in [0.25, 0.3) is 0 Å². The minimum Gasteiger partial charge on any atom is -0.348 e. The van der Waals surface area contributed by atoms with Crippen molar-refractivity contribution < 1.29 is 31.3 Å². The van der Waals surface area contributed by atoms with Crippen molar-refractivity contribution in [1.29, 1.82) is 0 Å². The molecule has 0 saturated carbocycles. The molecule has 0 heterocycles. The standard InChI is InChI=1S/C23H19ClF3N3O5S/c1-15(16-6-3-2-4-7-16)28-22(31)14-29(18-9-5-8-17(12-18)23(25,26)27)36(34,35)19-10-11-20(24)21(13-19)30(32)33/h2-13,15H,14H2,1H3,(H,28,31)/t15-/m1/s1. The number of sulfonamides is 1. The van der Waals surface area contributed by atoms with Gasteiger partial charge in [0.2, 0.25) is 5.91 Å². The quantitative estimate of drug-likeness (QED) is 0.306. The third kappa shape index (κ3) is 6.13. The third-order valence-corrected chi connectivity index (χ3v) is 7.22. The summed E-state index contributed by atoms with van der Waals surface area (Å²) in [6.07, 6.45) is -4.78. The molecular weight excluding hydrogens is 523 g/mol. The van der Waals surface area contributed by atoms with Gasteiger partial charge in [-0.05, 0) is 42.8 Å². The molecule has 1 amide bonds. The van der Waals surface area contributed by atoms with Crippen LogP contribution in [0.15, 0.2) is 77.7 Å². The van der Waals surface area contributed by atoms with E-state index in [-0.39, 0.29) is 5.02 Å². The summed E-state index contributed by atoms with van der Waals surface area (Å²) in [6.45, 7) is 0.760. The fourth-order valence-electron chi connectivity index (χ4n) is 3.32. The van der Waals surface area contributed by atoms with Crippen LogP contribution in [0.1, 0.15) is 24.1 Å². The predicted molar refractivity (Wildman–Crippen MR) is 127 cm³/mol. The Morgan fingerprint density at radius 2 is 1.75 bits per heavy atom. The second-order valence-corrected chi connectivity index (χ2v) is 9.90. The van der Waals surface area contributed by atoms with Gasteiger partial charge in [-0.2, -0.15) is 13.2 Å². The Hall–Kier alpha value is -3.64. The average molecular weight is 542 g/mol. The lowest BCUT2D eigenvalue weighted by Gasteiger charge is -2.25. The van der Waals surface area contributed by atoms with E-state index >= 15 is 0 Å². The van der Waals surface area contributed by atoms with Crippen LogP contribution in [0.2, 0.25) is 5.02 Å². The Bertz CT molecular complexity index is 1390. The summed E-state index contributed by atoms with van der Waals surface area (Å²) in [7, 11) is -4.74. The first-order chi connectivity index (χ1) is 16.8. The molecule has 190 valence electrons. The molecule has 13 heteroatoms. The summed E-state index contributed by atoms with van der Waals surface area (Å²) in [5, 5.41) is 13.5. The van der Waals surface area contributed by atoms with E-state index in [4.69, 9.17) is 11.6 Å². The molecule has 0 aliphatic heterocycles. The van der Waals surface area contributed by atoms with Gasteiger partial charge in [-0.3, -0.25) is 19.2 Å². The van der Waals surface area contributed by atoms with E-state index in [1.54, 1.807) is 37.3 Å². The summed E-state index contributed by atoms with van der Waals surface area (Å²) in [4.78, 5) is 22.6. The lowest BCUT2D eigenvalue weighted by molar-refractivity contribution is -0.384. The smallest absolute Gasteiger partial charge is 0.348 e. The van der Waals surface area contributed by atoms with Crippen LogP contribution in [0.4, 0.5) is 24.5 Å². The molecule has 3 rings (SSSR count). The van der Waals surface area contributed by atoms with Gasteiger partial charge < -0.3 is 5.32 Å². The molecule has 36 heavy (non-hydrogen) atoms. The van der Waals surface area contributed by atoms with E-state index in [9.17, 15) is 36.5 Å². The number of nitrogens with one attached hydrogen (secondary N) is 1. The molecule has 0 fully saturated rings. The minimum absolute atomic E-state index is 0.334. The Labute approximate surface area is 209 Å². The number of rotatable bonds is 8. The monoisotopic (exact) mass is 541 g/mol. The number of nitro groups is 1. The lowest BCUT2D eigenvalue weighted by Crippen LogP contribution is -2.41. The van der Waals surface area contributed by atoms with E-state index in [1.165, 1.54) is 0 Å². The second kappa shape index (κ2) is 10.5. The Kier molecular flexibility index (Phi) is 7.89. The molecule has 0 aliphatic rings. The molecule has 0 bridgehead atoms. The highest BCUT2D eigenvalue weighted by atomic mass is 35.5. The van der Waals surface area contributed by atoms with Gasteiger partial charge in [-0.1, -0.05) is 48.0 Å². The molecule has 0 aliphatic carbocycles. The number of halogens is 4. The molecule has 0 aromatic heterocycles. The van der Waals surface area contributed by atoms with Gasteiger partial charge >= 0.3 is 6.18 Å². The highest BCUT2D eigenvalue weighted by molar-refractivity contribution is 7.92. The molecule has 1 N–H and O–H groups in total.